The van der Waals surface area contributed by atoms with Crippen molar-refractivity contribution >= 4 is 39.4 Å². The predicted molar refractivity (Wildman–Crippen MR) is 162 cm³/mol. The Labute approximate surface area is 249 Å². The number of aliphatic hydroxyl groups excluding tert-OH is 1. The molecule has 226 valence electrons. The van der Waals surface area contributed by atoms with Gasteiger partial charge in [-0.15, -0.1) is 0 Å². The molecule has 0 bridgehead atoms. The first-order valence-electron chi connectivity index (χ1n) is 13.8. The van der Waals surface area contributed by atoms with E-state index in [9.17, 15) is 29.7 Å². The zero-order chi connectivity index (χ0) is 30.5. The molecule has 3 rings (SSSR count). The molecular formula is C30H41NO8S2. The maximum Gasteiger partial charge on any atom is 0.327 e. The molecule has 2 aliphatic heterocycles. The van der Waals surface area contributed by atoms with Crippen molar-refractivity contribution in [2.45, 2.75) is 91.0 Å². The molecule has 4 atom stereocenters. The zero-order valence-electron chi connectivity index (χ0n) is 24.3. The van der Waals surface area contributed by atoms with Crippen LogP contribution >= 0.6 is 21.6 Å². The van der Waals surface area contributed by atoms with Crippen molar-refractivity contribution in [1.29, 1.82) is 0 Å². The smallest absolute Gasteiger partial charge is 0.327 e. The van der Waals surface area contributed by atoms with Gasteiger partial charge in [-0.1, -0.05) is 51.8 Å². The van der Waals surface area contributed by atoms with Crippen LogP contribution in [0.15, 0.2) is 29.4 Å². The number of aromatic hydroxyl groups is 1. The molecule has 1 aromatic rings. The van der Waals surface area contributed by atoms with Crippen molar-refractivity contribution in [2.75, 3.05) is 11.5 Å². The van der Waals surface area contributed by atoms with E-state index in [1.165, 1.54) is 43.7 Å². The molecule has 0 spiro atoms. The van der Waals surface area contributed by atoms with Crippen molar-refractivity contribution in [3.63, 3.8) is 0 Å². The van der Waals surface area contributed by atoms with E-state index in [2.05, 4.69) is 32.9 Å². The molecule has 2 heterocycles. The van der Waals surface area contributed by atoms with Crippen molar-refractivity contribution < 1.29 is 39.5 Å². The Morgan fingerprint density at radius 3 is 2.44 bits per heavy atom. The van der Waals surface area contributed by atoms with E-state index < -0.39 is 41.5 Å². The number of aliphatic hydroxyl groups is 1. The molecule has 0 fully saturated rings. The fraction of sp³-hybridized carbons (Fsp3) is 0.567. The van der Waals surface area contributed by atoms with Gasteiger partial charge in [0.05, 0.1) is 24.1 Å². The molecule has 0 aromatic heterocycles. The van der Waals surface area contributed by atoms with E-state index in [1.807, 2.05) is 6.92 Å². The first kappa shape index (κ1) is 32.9. The van der Waals surface area contributed by atoms with E-state index in [1.54, 1.807) is 6.92 Å². The Morgan fingerprint density at radius 1 is 1.12 bits per heavy atom. The number of fused-ring (bicyclic) bond motifs is 3. The van der Waals surface area contributed by atoms with E-state index in [4.69, 9.17) is 9.84 Å². The Hall–Kier alpha value is -2.63. The van der Waals surface area contributed by atoms with Gasteiger partial charge in [0.25, 0.3) is 5.91 Å². The van der Waals surface area contributed by atoms with Gasteiger partial charge in [-0.25, -0.2) is 4.79 Å². The average molecular weight is 608 g/mol. The standard InChI is InChI=1S/C30H41NO8S2/c1-17(2)8-6-9-18(3)10-7-11-30(5)25(33)13-21-24(32)12-20-22(26(21)39-30)14-31(27(20)34)23(29(37)38)16-41-40-15-19(4)28(35)36/h8,10,12,19,23,25,32-33H,6-7,9,11,13-16H2,1-5H3,(H,35,36)(H,37,38)/t19-,23-,25-,30-/m0/s1. The Balaban J connectivity index is 1.76. The van der Waals surface area contributed by atoms with Gasteiger partial charge >= 0.3 is 11.9 Å². The van der Waals surface area contributed by atoms with Gasteiger partial charge in [0.15, 0.2) is 0 Å². The highest BCUT2D eigenvalue weighted by Gasteiger charge is 2.45. The maximum absolute atomic E-state index is 13.4. The van der Waals surface area contributed by atoms with Crippen LogP contribution in [0.4, 0.5) is 0 Å². The van der Waals surface area contributed by atoms with Gasteiger partial charge in [-0.3, -0.25) is 9.59 Å². The molecule has 0 unspecified atom stereocenters. The van der Waals surface area contributed by atoms with E-state index in [-0.39, 0.29) is 30.0 Å². The third-order valence-electron chi connectivity index (χ3n) is 7.66. The number of phenols is 1. The average Bonchev–Trinajstić information content (AvgIpc) is 3.20. The van der Waals surface area contributed by atoms with Gasteiger partial charge in [0.2, 0.25) is 0 Å². The first-order chi connectivity index (χ1) is 19.2. The van der Waals surface area contributed by atoms with Crippen LogP contribution in [0.3, 0.4) is 0 Å². The second-order valence-corrected chi connectivity index (χ2v) is 13.9. The molecule has 41 heavy (non-hydrogen) atoms. The summed E-state index contributed by atoms with van der Waals surface area (Å²) in [5.74, 6) is -2.63. The number of rotatable bonds is 14. The highest BCUT2D eigenvalue weighted by Crippen LogP contribution is 2.47. The SMILES string of the molecule is CC(C)=CCCC(C)=CCC[C@]1(C)Oc2c(c(O)cc3c2CN([C@@H](CSSC[C@H](C)C(=O)O)C(=O)O)C3=O)C[C@@H]1O. The maximum atomic E-state index is 13.4. The largest absolute Gasteiger partial charge is 0.508 e. The van der Waals surface area contributed by atoms with Crippen molar-refractivity contribution in [3.05, 3.63) is 46.1 Å². The van der Waals surface area contributed by atoms with E-state index >= 15 is 0 Å². The minimum Gasteiger partial charge on any atom is -0.508 e. The number of hydrogen-bond donors (Lipinski definition) is 4. The fourth-order valence-corrected chi connectivity index (χ4v) is 7.47. The number of carbonyl (C=O) groups excluding carboxylic acids is 1. The number of aliphatic carboxylic acids is 2. The molecule has 9 nitrogen and oxygen atoms in total. The van der Waals surface area contributed by atoms with Crippen LogP contribution in [0.5, 0.6) is 11.5 Å². The Morgan fingerprint density at radius 2 is 1.80 bits per heavy atom. The summed E-state index contributed by atoms with van der Waals surface area (Å²) in [4.78, 5) is 37.8. The summed E-state index contributed by atoms with van der Waals surface area (Å²) in [6.45, 7) is 9.64. The summed E-state index contributed by atoms with van der Waals surface area (Å²) >= 11 is 0. The number of carboxylic acid groups (broad SMARTS) is 2. The highest BCUT2D eigenvalue weighted by atomic mass is 33.1. The third kappa shape index (κ3) is 8.02. The van der Waals surface area contributed by atoms with Gasteiger partial charge in [-0.05, 0) is 59.4 Å². The lowest BCUT2D eigenvalue weighted by Crippen LogP contribution is -2.49. The minimum atomic E-state index is -1.17. The normalized spacial score (nSPS) is 21.5. The number of ether oxygens (including phenoxy) is 1. The second-order valence-electron chi connectivity index (χ2n) is 11.4. The summed E-state index contributed by atoms with van der Waals surface area (Å²) in [7, 11) is 2.46. The molecular weight excluding hydrogens is 566 g/mol. The quantitative estimate of drug-likeness (QED) is 0.123. The minimum absolute atomic E-state index is 0.0000509. The van der Waals surface area contributed by atoms with Crippen molar-refractivity contribution in [2.24, 2.45) is 5.92 Å². The monoisotopic (exact) mass is 607 g/mol. The van der Waals surface area contributed by atoms with Gasteiger partial charge in [0.1, 0.15) is 23.1 Å². The Bertz CT molecular complexity index is 1230. The molecule has 0 radical (unpaired) electrons. The number of carboxylic acids is 2. The third-order valence-corrected chi connectivity index (χ3v) is 10.2. The number of allylic oxidation sites excluding steroid dienone is 4. The predicted octanol–water partition coefficient (Wildman–Crippen LogP) is 5.43. The molecule has 1 amide bonds. The van der Waals surface area contributed by atoms with Crippen LogP contribution in [0, 0.1) is 5.92 Å². The van der Waals surface area contributed by atoms with Crippen LogP contribution < -0.4 is 4.74 Å². The first-order valence-corrected chi connectivity index (χ1v) is 16.3. The van der Waals surface area contributed by atoms with Gasteiger partial charge < -0.3 is 30.1 Å². The van der Waals surface area contributed by atoms with Gasteiger partial charge in [-0.2, -0.15) is 0 Å². The molecule has 0 aliphatic carbocycles. The lowest BCUT2D eigenvalue weighted by molar-refractivity contribution is -0.142. The topological polar surface area (TPSA) is 145 Å². The summed E-state index contributed by atoms with van der Waals surface area (Å²) < 4.78 is 6.39. The van der Waals surface area contributed by atoms with E-state index in [0.717, 1.165) is 12.8 Å². The van der Waals surface area contributed by atoms with Crippen LogP contribution in [-0.4, -0.2) is 72.4 Å². The number of amides is 1. The molecule has 1 aromatic carbocycles. The van der Waals surface area contributed by atoms with Crippen molar-refractivity contribution in [3.8, 4) is 11.5 Å². The fourth-order valence-electron chi connectivity index (χ4n) is 4.90. The number of phenolic OH excluding ortho intramolecular Hbond substituents is 1. The molecule has 2 aliphatic rings. The lowest BCUT2D eigenvalue weighted by atomic mass is 9.84. The Kier molecular flexibility index (Phi) is 11.2. The number of hydrogen-bond acceptors (Lipinski definition) is 8. The lowest BCUT2D eigenvalue weighted by Gasteiger charge is -2.41. The van der Waals surface area contributed by atoms with E-state index in [0.29, 0.717) is 35.5 Å². The summed E-state index contributed by atoms with van der Waals surface area (Å²) in [5.41, 5.74) is 2.70. The van der Waals surface area contributed by atoms with Crippen LogP contribution in [0.2, 0.25) is 0 Å². The van der Waals surface area contributed by atoms with Crippen molar-refractivity contribution in [1.82, 2.24) is 4.90 Å². The van der Waals surface area contributed by atoms with Gasteiger partial charge in [0, 0.05) is 29.1 Å². The van der Waals surface area contributed by atoms with Crippen LogP contribution in [0.25, 0.3) is 0 Å². The molecule has 4 N–H and O–H groups in total. The van der Waals surface area contributed by atoms with Crippen LogP contribution in [0.1, 0.15) is 81.8 Å². The van der Waals surface area contributed by atoms with Crippen LogP contribution in [-0.2, 0) is 22.6 Å². The summed E-state index contributed by atoms with van der Waals surface area (Å²) in [5, 5.41) is 40.8. The number of carbonyl (C=O) groups is 3. The molecule has 0 saturated carbocycles. The molecule has 0 saturated heterocycles. The number of nitrogens with zero attached hydrogens (tertiary/aromatic N) is 1. The second kappa shape index (κ2) is 14.0. The number of benzene rings is 1. The summed E-state index contributed by atoms with van der Waals surface area (Å²) in [6.07, 6.45) is 6.76. The molecule has 11 heteroatoms. The zero-order valence-corrected chi connectivity index (χ0v) is 25.9. The highest BCUT2D eigenvalue weighted by molar-refractivity contribution is 8.76. The summed E-state index contributed by atoms with van der Waals surface area (Å²) in [6, 6.07) is 0.189.